The van der Waals surface area contributed by atoms with E-state index in [-0.39, 0.29) is 5.91 Å². The first-order chi connectivity index (χ1) is 8.24. The van der Waals surface area contributed by atoms with Crippen molar-refractivity contribution in [3.63, 3.8) is 0 Å². The van der Waals surface area contributed by atoms with E-state index in [9.17, 15) is 9.59 Å². The number of aromatic nitrogens is 1. The van der Waals surface area contributed by atoms with Gasteiger partial charge in [0.05, 0.1) is 11.2 Å². The lowest BCUT2D eigenvalue weighted by atomic mass is 10.1. The summed E-state index contributed by atoms with van der Waals surface area (Å²) in [4.78, 5) is 26.9. The topological polar surface area (TPSA) is 71.1 Å². The van der Waals surface area contributed by atoms with Gasteiger partial charge >= 0.3 is 6.03 Å². The summed E-state index contributed by atoms with van der Waals surface area (Å²) >= 11 is 0. The monoisotopic (exact) mass is 227 g/mol. The number of fused-ring (bicyclic) bond motifs is 1. The van der Waals surface area contributed by atoms with Crippen molar-refractivity contribution < 1.29 is 9.59 Å². The van der Waals surface area contributed by atoms with Crippen molar-refractivity contribution in [1.82, 2.24) is 15.6 Å². The summed E-state index contributed by atoms with van der Waals surface area (Å²) in [6.07, 6.45) is 0. The first-order valence-electron chi connectivity index (χ1n) is 5.21. The third kappa shape index (κ3) is 1.61. The zero-order chi connectivity index (χ0) is 11.8. The van der Waals surface area contributed by atoms with Crippen molar-refractivity contribution in [2.45, 2.75) is 6.04 Å². The van der Waals surface area contributed by atoms with Crippen molar-refractivity contribution in [3.8, 4) is 0 Å². The van der Waals surface area contributed by atoms with Crippen LogP contribution in [0.5, 0.6) is 0 Å². The minimum absolute atomic E-state index is 0.363. The summed E-state index contributed by atoms with van der Waals surface area (Å²) in [6.45, 7) is 0. The predicted molar refractivity (Wildman–Crippen MR) is 61.2 cm³/mol. The van der Waals surface area contributed by atoms with Gasteiger partial charge in [0.2, 0.25) is 0 Å². The van der Waals surface area contributed by atoms with Crippen LogP contribution in [0.15, 0.2) is 36.4 Å². The number of amides is 3. The molecule has 17 heavy (non-hydrogen) atoms. The van der Waals surface area contributed by atoms with Crippen LogP contribution in [0.25, 0.3) is 10.9 Å². The average molecular weight is 227 g/mol. The molecule has 1 fully saturated rings. The minimum atomic E-state index is -0.688. The highest BCUT2D eigenvalue weighted by Crippen LogP contribution is 2.18. The molecule has 0 saturated carbocycles. The molecule has 84 valence electrons. The SMILES string of the molecule is O=C1NC(=O)C(c2ccc3ccccc3n2)N1. The zero-order valence-electron chi connectivity index (χ0n) is 8.81. The number of hydrogen-bond donors (Lipinski definition) is 2. The Labute approximate surface area is 96.8 Å². The standard InChI is InChI=1S/C12H9N3O2/c16-11-10(14-12(17)15-11)9-6-5-7-3-1-2-4-8(7)13-9/h1-6,10H,(H2,14,15,16,17). The van der Waals surface area contributed by atoms with Gasteiger partial charge in [0.1, 0.15) is 0 Å². The maximum absolute atomic E-state index is 11.5. The van der Waals surface area contributed by atoms with E-state index in [0.717, 1.165) is 10.9 Å². The highest BCUT2D eigenvalue weighted by Gasteiger charge is 2.31. The third-order valence-corrected chi connectivity index (χ3v) is 2.69. The van der Waals surface area contributed by atoms with Crippen molar-refractivity contribution in [3.05, 3.63) is 42.1 Å². The lowest BCUT2D eigenvalue weighted by Crippen LogP contribution is -2.22. The van der Waals surface area contributed by atoms with Gasteiger partial charge in [0, 0.05) is 5.39 Å². The number of carbonyl (C=O) groups excluding carboxylic acids is 2. The Morgan fingerprint density at radius 1 is 1.06 bits per heavy atom. The van der Waals surface area contributed by atoms with Crippen LogP contribution in [-0.4, -0.2) is 16.9 Å². The van der Waals surface area contributed by atoms with Gasteiger partial charge < -0.3 is 5.32 Å². The number of nitrogens with one attached hydrogen (secondary N) is 2. The van der Waals surface area contributed by atoms with E-state index < -0.39 is 12.1 Å². The largest absolute Gasteiger partial charge is 0.322 e. The van der Waals surface area contributed by atoms with E-state index in [1.165, 1.54) is 0 Å². The van der Waals surface area contributed by atoms with Crippen LogP contribution in [0.2, 0.25) is 0 Å². The maximum atomic E-state index is 11.5. The van der Waals surface area contributed by atoms with Gasteiger partial charge in [-0.15, -0.1) is 0 Å². The molecule has 1 aliphatic rings. The van der Waals surface area contributed by atoms with Crippen molar-refractivity contribution in [1.29, 1.82) is 0 Å². The molecule has 1 aromatic heterocycles. The number of hydrogen-bond acceptors (Lipinski definition) is 3. The van der Waals surface area contributed by atoms with Crippen molar-refractivity contribution in [2.24, 2.45) is 0 Å². The number of benzene rings is 1. The smallest absolute Gasteiger partial charge is 0.321 e. The summed E-state index contributed by atoms with van der Waals surface area (Å²) in [7, 11) is 0. The second kappa shape index (κ2) is 3.55. The lowest BCUT2D eigenvalue weighted by molar-refractivity contribution is -0.120. The fourth-order valence-corrected chi connectivity index (χ4v) is 1.87. The number of rotatable bonds is 1. The molecule has 2 N–H and O–H groups in total. The van der Waals surface area contributed by atoms with Gasteiger partial charge in [-0.2, -0.15) is 0 Å². The summed E-state index contributed by atoms with van der Waals surface area (Å²) in [5.74, 6) is -0.363. The van der Waals surface area contributed by atoms with Crippen LogP contribution in [-0.2, 0) is 4.79 Å². The molecular weight excluding hydrogens is 218 g/mol. The van der Waals surface area contributed by atoms with Crippen LogP contribution >= 0.6 is 0 Å². The van der Waals surface area contributed by atoms with Crippen LogP contribution in [0.3, 0.4) is 0 Å². The molecule has 5 heteroatoms. The number of imide groups is 1. The minimum Gasteiger partial charge on any atom is -0.321 e. The van der Waals surface area contributed by atoms with Gasteiger partial charge in [-0.05, 0) is 12.1 Å². The molecule has 0 spiro atoms. The van der Waals surface area contributed by atoms with Gasteiger partial charge in [-0.3, -0.25) is 15.1 Å². The fourth-order valence-electron chi connectivity index (χ4n) is 1.87. The maximum Gasteiger partial charge on any atom is 0.322 e. The second-order valence-corrected chi connectivity index (χ2v) is 3.82. The molecule has 1 atom stereocenters. The van der Waals surface area contributed by atoms with Gasteiger partial charge in [0.15, 0.2) is 6.04 Å². The molecule has 1 unspecified atom stereocenters. The predicted octanol–water partition coefficient (Wildman–Crippen LogP) is 1.12. The highest BCUT2D eigenvalue weighted by atomic mass is 16.2. The van der Waals surface area contributed by atoms with Crippen LogP contribution in [0.1, 0.15) is 11.7 Å². The normalized spacial score (nSPS) is 19.2. The Morgan fingerprint density at radius 3 is 2.65 bits per heavy atom. The summed E-state index contributed by atoms with van der Waals surface area (Å²) in [6, 6.07) is 10.1. The quantitative estimate of drug-likeness (QED) is 0.717. The molecule has 1 aliphatic heterocycles. The van der Waals surface area contributed by atoms with Gasteiger partial charge in [-0.1, -0.05) is 24.3 Å². The molecule has 3 amide bonds. The Hall–Kier alpha value is -2.43. The fraction of sp³-hybridized carbons (Fsp3) is 0.0833. The molecule has 1 aromatic carbocycles. The van der Waals surface area contributed by atoms with E-state index in [1.807, 2.05) is 30.3 Å². The van der Waals surface area contributed by atoms with Gasteiger partial charge in [0.25, 0.3) is 5.91 Å². The third-order valence-electron chi connectivity index (χ3n) is 2.69. The number of carbonyl (C=O) groups is 2. The van der Waals surface area contributed by atoms with Crippen LogP contribution in [0.4, 0.5) is 4.79 Å². The Bertz CT molecular complexity index is 624. The lowest BCUT2D eigenvalue weighted by Gasteiger charge is -2.07. The molecule has 0 aliphatic carbocycles. The van der Waals surface area contributed by atoms with Crippen molar-refractivity contribution >= 4 is 22.8 Å². The van der Waals surface area contributed by atoms with Crippen LogP contribution < -0.4 is 10.6 Å². The molecule has 2 heterocycles. The van der Waals surface area contributed by atoms with Crippen molar-refractivity contribution in [2.75, 3.05) is 0 Å². The molecule has 0 radical (unpaired) electrons. The summed E-state index contributed by atoms with van der Waals surface area (Å²) < 4.78 is 0. The van der Waals surface area contributed by atoms with E-state index >= 15 is 0 Å². The number of para-hydroxylation sites is 1. The van der Waals surface area contributed by atoms with E-state index in [4.69, 9.17) is 0 Å². The molecule has 3 rings (SSSR count). The number of urea groups is 1. The molecule has 1 saturated heterocycles. The number of nitrogens with zero attached hydrogens (tertiary/aromatic N) is 1. The second-order valence-electron chi connectivity index (χ2n) is 3.82. The Balaban J connectivity index is 2.06. The highest BCUT2D eigenvalue weighted by molar-refractivity contribution is 6.04. The molecule has 0 bridgehead atoms. The summed E-state index contributed by atoms with van der Waals surface area (Å²) in [5, 5.41) is 5.71. The summed E-state index contributed by atoms with van der Waals surface area (Å²) in [5.41, 5.74) is 1.35. The Kier molecular flexibility index (Phi) is 2.04. The van der Waals surface area contributed by atoms with E-state index in [0.29, 0.717) is 5.69 Å². The molecule has 5 nitrogen and oxygen atoms in total. The average Bonchev–Trinajstić information content (AvgIpc) is 2.68. The first-order valence-corrected chi connectivity index (χ1v) is 5.21. The molecule has 2 aromatic rings. The van der Waals surface area contributed by atoms with Gasteiger partial charge in [-0.25, -0.2) is 4.79 Å². The zero-order valence-corrected chi connectivity index (χ0v) is 8.81. The molecular formula is C12H9N3O2. The number of pyridine rings is 1. The van der Waals surface area contributed by atoms with E-state index in [1.54, 1.807) is 6.07 Å². The first kappa shape index (κ1) is 9.77. The van der Waals surface area contributed by atoms with E-state index in [2.05, 4.69) is 15.6 Å². The van der Waals surface area contributed by atoms with Crippen LogP contribution in [0, 0.1) is 0 Å². The Morgan fingerprint density at radius 2 is 1.88 bits per heavy atom.